The summed E-state index contributed by atoms with van der Waals surface area (Å²) in [7, 11) is 0. The van der Waals surface area contributed by atoms with E-state index in [9.17, 15) is 18.4 Å². The minimum absolute atomic E-state index is 0.00351. The van der Waals surface area contributed by atoms with Crippen LogP contribution in [-0.2, 0) is 10.3 Å². The maximum absolute atomic E-state index is 12.7. The number of ether oxygens (including phenoxy) is 1. The van der Waals surface area contributed by atoms with Gasteiger partial charge in [0, 0.05) is 0 Å². The molecule has 0 aliphatic carbocycles. The fourth-order valence-corrected chi connectivity index (χ4v) is 2.56. The minimum Gasteiger partial charge on any atom is -0.435 e. The van der Waals surface area contributed by atoms with Gasteiger partial charge in [-0.25, -0.2) is 4.79 Å². The summed E-state index contributed by atoms with van der Waals surface area (Å²) in [6.07, 6.45) is 1.29. The summed E-state index contributed by atoms with van der Waals surface area (Å²) in [6, 6.07) is 13.8. The molecule has 1 saturated heterocycles. The van der Waals surface area contributed by atoms with Gasteiger partial charge < -0.3 is 10.1 Å². The smallest absolute Gasteiger partial charge is 0.387 e. The van der Waals surface area contributed by atoms with E-state index in [4.69, 9.17) is 0 Å². The van der Waals surface area contributed by atoms with E-state index in [0.29, 0.717) is 11.1 Å². The van der Waals surface area contributed by atoms with Gasteiger partial charge in [-0.1, -0.05) is 30.3 Å². The highest BCUT2D eigenvalue weighted by Gasteiger charge is 2.49. The second kappa shape index (κ2) is 6.91. The maximum atomic E-state index is 12.7. The van der Waals surface area contributed by atoms with Crippen molar-refractivity contribution in [2.24, 2.45) is 5.10 Å². The zero-order valence-corrected chi connectivity index (χ0v) is 13.7. The largest absolute Gasteiger partial charge is 0.435 e. The van der Waals surface area contributed by atoms with Crippen molar-refractivity contribution in [1.82, 2.24) is 10.3 Å². The molecule has 1 N–H and O–H groups in total. The zero-order chi connectivity index (χ0) is 18.7. The van der Waals surface area contributed by atoms with Crippen molar-refractivity contribution < 1.29 is 23.1 Å². The number of nitrogens with zero attached hydrogens (tertiary/aromatic N) is 2. The Labute approximate surface area is 148 Å². The van der Waals surface area contributed by atoms with Crippen molar-refractivity contribution in [1.29, 1.82) is 0 Å². The topological polar surface area (TPSA) is 71.0 Å². The van der Waals surface area contributed by atoms with Gasteiger partial charge in [0.05, 0.1) is 6.21 Å². The molecule has 0 radical (unpaired) electrons. The lowest BCUT2D eigenvalue weighted by atomic mass is 9.92. The normalized spacial score (nSPS) is 20.1. The molecule has 1 heterocycles. The summed E-state index contributed by atoms with van der Waals surface area (Å²) in [4.78, 5) is 24.8. The summed E-state index contributed by atoms with van der Waals surface area (Å²) < 4.78 is 28.5. The number of amides is 3. The Bertz CT molecular complexity index is 841. The molecule has 6 nitrogen and oxygen atoms in total. The first kappa shape index (κ1) is 17.5. The van der Waals surface area contributed by atoms with Crippen LogP contribution in [0, 0.1) is 0 Å². The van der Waals surface area contributed by atoms with Crippen LogP contribution >= 0.6 is 0 Å². The predicted octanol–water partition coefficient (Wildman–Crippen LogP) is 3.09. The molecule has 0 saturated carbocycles. The molecule has 2 aromatic carbocycles. The first-order chi connectivity index (χ1) is 12.4. The molecule has 134 valence electrons. The second-order valence-electron chi connectivity index (χ2n) is 5.73. The van der Waals surface area contributed by atoms with E-state index in [1.54, 1.807) is 31.2 Å². The number of carbonyl (C=O) groups excluding carboxylic acids is 2. The number of benzene rings is 2. The third-order valence-corrected chi connectivity index (χ3v) is 3.95. The molecule has 8 heteroatoms. The van der Waals surface area contributed by atoms with E-state index < -0.39 is 24.1 Å². The molecule has 1 fully saturated rings. The Hall–Kier alpha value is -3.29. The fraction of sp³-hybridized carbons (Fsp3) is 0.167. The van der Waals surface area contributed by atoms with Crippen LogP contribution in [-0.4, -0.2) is 29.8 Å². The number of imide groups is 1. The number of nitrogens with one attached hydrogen (secondary N) is 1. The molecule has 3 amide bonds. The molecule has 1 aliphatic rings. The number of hydrazone groups is 1. The molecule has 1 aliphatic heterocycles. The van der Waals surface area contributed by atoms with E-state index in [0.717, 1.165) is 5.01 Å². The third kappa shape index (κ3) is 3.39. The van der Waals surface area contributed by atoms with Crippen LogP contribution in [0.15, 0.2) is 59.7 Å². The summed E-state index contributed by atoms with van der Waals surface area (Å²) in [5, 5.41) is 7.31. The van der Waals surface area contributed by atoms with Gasteiger partial charge in [0.25, 0.3) is 5.91 Å². The first-order valence-electron chi connectivity index (χ1n) is 7.71. The number of carbonyl (C=O) groups is 2. The Morgan fingerprint density at radius 2 is 1.77 bits per heavy atom. The van der Waals surface area contributed by atoms with Crippen LogP contribution in [0.4, 0.5) is 13.6 Å². The molecule has 2 aromatic rings. The molecule has 0 spiro atoms. The predicted molar refractivity (Wildman–Crippen MR) is 89.8 cm³/mol. The van der Waals surface area contributed by atoms with Crippen LogP contribution in [0.5, 0.6) is 5.75 Å². The second-order valence-corrected chi connectivity index (χ2v) is 5.73. The Balaban J connectivity index is 1.77. The van der Waals surface area contributed by atoms with Crippen LogP contribution in [0.2, 0.25) is 0 Å². The number of hydrogen-bond donors (Lipinski definition) is 1. The average molecular weight is 359 g/mol. The van der Waals surface area contributed by atoms with Crippen LogP contribution < -0.4 is 10.1 Å². The molecule has 0 unspecified atom stereocenters. The zero-order valence-electron chi connectivity index (χ0n) is 13.7. The molecule has 0 bridgehead atoms. The summed E-state index contributed by atoms with van der Waals surface area (Å²) in [6.45, 7) is -1.30. The van der Waals surface area contributed by atoms with Gasteiger partial charge in [0.15, 0.2) is 0 Å². The molecular formula is C18H15F2N3O3. The van der Waals surface area contributed by atoms with E-state index in [1.807, 2.05) is 6.07 Å². The number of rotatable bonds is 5. The Kier molecular flexibility index (Phi) is 4.66. The molecule has 0 aromatic heterocycles. The van der Waals surface area contributed by atoms with Gasteiger partial charge in [-0.2, -0.15) is 13.9 Å². The highest BCUT2D eigenvalue weighted by atomic mass is 19.3. The minimum atomic E-state index is -2.91. The average Bonchev–Trinajstić information content (AvgIpc) is 2.85. The van der Waals surface area contributed by atoms with Crippen LogP contribution in [0.25, 0.3) is 0 Å². The quantitative estimate of drug-likeness (QED) is 0.659. The molecule has 3 rings (SSSR count). The lowest BCUT2D eigenvalue weighted by Crippen LogP contribution is -2.40. The van der Waals surface area contributed by atoms with Crippen LogP contribution in [0.3, 0.4) is 0 Å². The number of halogens is 2. The maximum Gasteiger partial charge on any atom is 0.387 e. The first-order valence-corrected chi connectivity index (χ1v) is 7.71. The number of urea groups is 1. The van der Waals surface area contributed by atoms with Crippen LogP contribution in [0.1, 0.15) is 18.1 Å². The van der Waals surface area contributed by atoms with Gasteiger partial charge >= 0.3 is 12.6 Å². The van der Waals surface area contributed by atoms with Gasteiger partial charge in [-0.3, -0.25) is 4.79 Å². The van der Waals surface area contributed by atoms with E-state index in [2.05, 4.69) is 15.2 Å². The Morgan fingerprint density at radius 1 is 1.12 bits per heavy atom. The summed E-state index contributed by atoms with van der Waals surface area (Å²) in [5.74, 6) is -0.508. The number of hydrogen-bond acceptors (Lipinski definition) is 4. The van der Waals surface area contributed by atoms with Crippen molar-refractivity contribution in [3.05, 3.63) is 65.7 Å². The van der Waals surface area contributed by atoms with Crippen molar-refractivity contribution in [3.8, 4) is 5.75 Å². The summed E-state index contributed by atoms with van der Waals surface area (Å²) >= 11 is 0. The van der Waals surface area contributed by atoms with Crippen molar-refractivity contribution in [2.45, 2.75) is 19.1 Å². The van der Waals surface area contributed by atoms with Gasteiger partial charge in [-0.15, -0.1) is 5.01 Å². The summed E-state index contributed by atoms with van der Waals surface area (Å²) in [5.41, 5.74) is -0.0462. The molecule has 26 heavy (non-hydrogen) atoms. The monoisotopic (exact) mass is 359 g/mol. The Morgan fingerprint density at radius 3 is 2.38 bits per heavy atom. The van der Waals surface area contributed by atoms with Crippen molar-refractivity contribution in [2.75, 3.05) is 0 Å². The van der Waals surface area contributed by atoms with Gasteiger partial charge in [-0.05, 0) is 42.3 Å². The SMILES string of the molecule is C[C@@]1(c2ccccc2)NC(=O)N(/N=C\c2ccc(OC(F)F)cc2)C1=O. The van der Waals surface area contributed by atoms with E-state index in [-0.39, 0.29) is 5.75 Å². The lowest BCUT2D eigenvalue weighted by Gasteiger charge is -2.20. The van der Waals surface area contributed by atoms with Gasteiger partial charge in [0.1, 0.15) is 11.3 Å². The highest BCUT2D eigenvalue weighted by Crippen LogP contribution is 2.28. The molecule has 1 atom stereocenters. The van der Waals surface area contributed by atoms with Crippen molar-refractivity contribution in [3.63, 3.8) is 0 Å². The van der Waals surface area contributed by atoms with E-state index >= 15 is 0 Å². The highest BCUT2D eigenvalue weighted by molar-refractivity contribution is 6.07. The van der Waals surface area contributed by atoms with E-state index in [1.165, 1.54) is 30.5 Å². The number of alkyl halides is 2. The standard InChI is InChI=1S/C18H15F2N3O3/c1-18(13-5-3-2-4-6-13)15(24)23(17(25)22-18)21-11-12-7-9-14(10-8-12)26-16(19)20/h2-11,16H,1H3,(H,22,25)/b21-11-/t18-/m0/s1. The van der Waals surface area contributed by atoms with Crippen molar-refractivity contribution >= 4 is 18.2 Å². The van der Waals surface area contributed by atoms with Gasteiger partial charge in [0.2, 0.25) is 0 Å². The fourth-order valence-electron chi connectivity index (χ4n) is 2.56. The lowest BCUT2D eigenvalue weighted by molar-refractivity contribution is -0.131. The third-order valence-electron chi connectivity index (χ3n) is 3.95. The molecular weight excluding hydrogens is 344 g/mol.